The largest absolute Gasteiger partial charge is 0.398 e. The molecule has 2 aromatic carbocycles. The van der Waals surface area contributed by atoms with Crippen molar-refractivity contribution < 1.29 is 4.92 Å². The topological polar surface area (TPSA) is 69.2 Å². The van der Waals surface area contributed by atoms with Crippen LogP contribution in [0.3, 0.4) is 0 Å². The van der Waals surface area contributed by atoms with E-state index in [4.69, 9.17) is 5.73 Å². The Morgan fingerprint density at radius 2 is 1.95 bits per heavy atom. The molecule has 0 atom stereocenters. The third kappa shape index (κ3) is 3.30. The van der Waals surface area contributed by atoms with Crippen molar-refractivity contribution in [2.24, 2.45) is 0 Å². The predicted molar refractivity (Wildman–Crippen MR) is 83.1 cm³/mol. The van der Waals surface area contributed by atoms with Crippen LogP contribution in [0.15, 0.2) is 47.4 Å². The number of nitro benzene ring substituents is 1. The normalized spacial score (nSPS) is 10.4. The number of nitrogens with two attached hydrogens (primary N) is 1. The summed E-state index contributed by atoms with van der Waals surface area (Å²) in [6.45, 7) is 1.99. The lowest BCUT2D eigenvalue weighted by Crippen LogP contribution is -1.97. The molecule has 2 N–H and O–H groups in total. The predicted octanol–water partition coefficient (Wildman–Crippen LogP) is 3.82. The summed E-state index contributed by atoms with van der Waals surface area (Å²) in [5.74, 6) is 0.787. The molecule has 2 aromatic rings. The van der Waals surface area contributed by atoms with Gasteiger partial charge < -0.3 is 5.73 Å². The van der Waals surface area contributed by atoms with Crippen LogP contribution in [0, 0.1) is 17.0 Å². The highest BCUT2D eigenvalue weighted by atomic mass is 32.2. The Hall–Kier alpha value is -2.01. The summed E-state index contributed by atoms with van der Waals surface area (Å²) in [4.78, 5) is 11.7. The molecule has 4 nitrogen and oxygen atoms in total. The first-order valence-electron chi connectivity index (χ1n) is 6.30. The summed E-state index contributed by atoms with van der Waals surface area (Å²) < 4.78 is 0. The third-order valence-corrected chi connectivity index (χ3v) is 4.30. The van der Waals surface area contributed by atoms with Gasteiger partial charge in [-0.3, -0.25) is 10.1 Å². The van der Waals surface area contributed by atoms with Crippen LogP contribution in [0.4, 0.5) is 11.4 Å². The number of nitrogens with zero attached hydrogens (tertiary/aromatic N) is 1. The van der Waals surface area contributed by atoms with E-state index in [1.165, 1.54) is 0 Å². The molecule has 0 spiro atoms. The smallest absolute Gasteiger partial charge is 0.272 e. The summed E-state index contributed by atoms with van der Waals surface area (Å²) in [5.41, 5.74) is 8.67. The molecule has 0 aromatic heterocycles. The minimum Gasteiger partial charge on any atom is -0.398 e. The number of aryl methyl sites for hydroxylation is 1. The Labute approximate surface area is 122 Å². The lowest BCUT2D eigenvalue weighted by Gasteiger charge is -2.08. The van der Waals surface area contributed by atoms with Gasteiger partial charge >= 0.3 is 0 Å². The van der Waals surface area contributed by atoms with Gasteiger partial charge in [0.15, 0.2) is 0 Å². The zero-order chi connectivity index (χ0) is 14.5. The van der Waals surface area contributed by atoms with Crippen LogP contribution >= 0.6 is 11.8 Å². The summed E-state index contributed by atoms with van der Waals surface area (Å²) in [5, 5.41) is 10.9. The number of rotatable bonds is 5. The van der Waals surface area contributed by atoms with Gasteiger partial charge in [-0.15, -0.1) is 11.8 Å². The molecule has 0 amide bonds. The second-order valence-corrected chi connectivity index (χ2v) is 5.59. The van der Waals surface area contributed by atoms with Crippen molar-refractivity contribution in [2.45, 2.75) is 18.2 Å². The number of hydrogen-bond donors (Lipinski definition) is 1. The van der Waals surface area contributed by atoms with E-state index in [2.05, 4.69) is 0 Å². The van der Waals surface area contributed by atoms with Crippen LogP contribution < -0.4 is 5.73 Å². The molecule has 0 saturated carbocycles. The third-order valence-electron chi connectivity index (χ3n) is 3.14. The van der Waals surface area contributed by atoms with Crippen molar-refractivity contribution in [3.05, 3.63) is 63.7 Å². The molecule has 20 heavy (non-hydrogen) atoms. The highest BCUT2D eigenvalue weighted by molar-refractivity contribution is 7.99. The fourth-order valence-electron chi connectivity index (χ4n) is 1.96. The molecule has 0 aliphatic carbocycles. The molecule has 0 heterocycles. The standard InChI is InChI=1S/C15H16N2O2S/c1-11-13(16)6-4-8-15(11)20-10-9-12-5-2-3-7-14(12)17(18)19/h2-8H,9-10,16H2,1H3. The van der Waals surface area contributed by atoms with Gasteiger partial charge in [-0.05, 0) is 31.0 Å². The molecular formula is C15H16N2O2S. The highest BCUT2D eigenvalue weighted by Crippen LogP contribution is 2.28. The Morgan fingerprint density at radius 1 is 1.20 bits per heavy atom. The highest BCUT2D eigenvalue weighted by Gasteiger charge is 2.12. The van der Waals surface area contributed by atoms with Crippen LogP contribution in [0.5, 0.6) is 0 Å². The summed E-state index contributed by atoms with van der Waals surface area (Å²) in [7, 11) is 0. The molecule has 0 radical (unpaired) electrons. The molecule has 0 saturated heterocycles. The Balaban J connectivity index is 2.03. The Morgan fingerprint density at radius 3 is 2.70 bits per heavy atom. The molecule has 0 bridgehead atoms. The van der Waals surface area contributed by atoms with Gasteiger partial charge in [0.2, 0.25) is 0 Å². The van der Waals surface area contributed by atoms with Crippen molar-refractivity contribution in [3.63, 3.8) is 0 Å². The SMILES string of the molecule is Cc1c(N)cccc1SCCc1ccccc1[N+](=O)[O-]. The fraction of sp³-hybridized carbons (Fsp3) is 0.200. The molecule has 0 unspecified atom stereocenters. The fourth-order valence-corrected chi connectivity index (χ4v) is 3.01. The summed E-state index contributed by atoms with van der Waals surface area (Å²) in [6, 6.07) is 12.7. The van der Waals surface area contributed by atoms with Crippen molar-refractivity contribution in [1.82, 2.24) is 0 Å². The van der Waals surface area contributed by atoms with Gasteiger partial charge in [0.25, 0.3) is 5.69 Å². The average Bonchev–Trinajstić information content (AvgIpc) is 2.44. The van der Waals surface area contributed by atoms with Crippen molar-refractivity contribution in [1.29, 1.82) is 0 Å². The Bertz CT molecular complexity index is 629. The first-order valence-corrected chi connectivity index (χ1v) is 7.28. The molecule has 0 aliphatic rings. The van der Waals surface area contributed by atoms with E-state index in [1.807, 2.05) is 37.3 Å². The van der Waals surface area contributed by atoms with Gasteiger partial charge in [0.05, 0.1) is 4.92 Å². The van der Waals surface area contributed by atoms with E-state index in [0.29, 0.717) is 6.42 Å². The first kappa shape index (κ1) is 14.4. The van der Waals surface area contributed by atoms with E-state index in [1.54, 1.807) is 23.9 Å². The summed E-state index contributed by atoms with van der Waals surface area (Å²) >= 11 is 1.67. The lowest BCUT2D eigenvalue weighted by atomic mass is 10.1. The number of thioether (sulfide) groups is 1. The van der Waals surface area contributed by atoms with Crippen molar-refractivity contribution >= 4 is 23.1 Å². The van der Waals surface area contributed by atoms with Gasteiger partial charge in [0, 0.05) is 28.0 Å². The average molecular weight is 288 g/mol. The monoisotopic (exact) mass is 288 g/mol. The maximum Gasteiger partial charge on any atom is 0.272 e. The molecule has 0 aliphatic heterocycles. The Kier molecular flexibility index (Phi) is 4.63. The minimum absolute atomic E-state index is 0.192. The molecule has 2 rings (SSSR count). The molecular weight excluding hydrogens is 272 g/mol. The number of nitro groups is 1. The van der Waals surface area contributed by atoms with E-state index in [0.717, 1.165) is 27.5 Å². The maximum atomic E-state index is 10.9. The van der Waals surface area contributed by atoms with Gasteiger partial charge in [-0.1, -0.05) is 24.3 Å². The van der Waals surface area contributed by atoms with Crippen molar-refractivity contribution in [2.75, 3.05) is 11.5 Å². The number of anilines is 1. The zero-order valence-electron chi connectivity index (χ0n) is 11.2. The summed E-state index contributed by atoms with van der Waals surface area (Å²) in [6.07, 6.45) is 0.663. The number of para-hydroxylation sites is 1. The minimum atomic E-state index is -0.328. The lowest BCUT2D eigenvalue weighted by molar-refractivity contribution is -0.385. The number of hydrogen-bond acceptors (Lipinski definition) is 4. The molecule has 0 fully saturated rings. The number of benzene rings is 2. The maximum absolute atomic E-state index is 10.9. The van der Waals surface area contributed by atoms with Crippen LogP contribution in [0.25, 0.3) is 0 Å². The van der Waals surface area contributed by atoms with E-state index in [9.17, 15) is 10.1 Å². The van der Waals surface area contributed by atoms with Gasteiger partial charge in [-0.25, -0.2) is 0 Å². The van der Waals surface area contributed by atoms with Crippen LogP contribution in [0.1, 0.15) is 11.1 Å². The van der Waals surface area contributed by atoms with E-state index >= 15 is 0 Å². The van der Waals surface area contributed by atoms with Gasteiger partial charge in [-0.2, -0.15) is 0 Å². The van der Waals surface area contributed by atoms with Crippen molar-refractivity contribution in [3.8, 4) is 0 Å². The van der Waals surface area contributed by atoms with Crippen LogP contribution in [-0.4, -0.2) is 10.7 Å². The quantitative estimate of drug-likeness (QED) is 0.393. The molecule has 104 valence electrons. The molecule has 5 heteroatoms. The van der Waals surface area contributed by atoms with E-state index in [-0.39, 0.29) is 10.6 Å². The first-order chi connectivity index (χ1) is 9.59. The van der Waals surface area contributed by atoms with Crippen LogP contribution in [0.2, 0.25) is 0 Å². The van der Waals surface area contributed by atoms with Gasteiger partial charge in [0.1, 0.15) is 0 Å². The van der Waals surface area contributed by atoms with E-state index < -0.39 is 0 Å². The van der Waals surface area contributed by atoms with Crippen LogP contribution in [-0.2, 0) is 6.42 Å². The second-order valence-electron chi connectivity index (χ2n) is 4.45. The number of nitrogen functional groups attached to an aromatic ring is 1. The second kappa shape index (κ2) is 6.43. The zero-order valence-corrected chi connectivity index (χ0v) is 12.0.